The lowest BCUT2D eigenvalue weighted by molar-refractivity contribution is -0.139. The zero-order valence-electron chi connectivity index (χ0n) is 11.5. The lowest BCUT2D eigenvalue weighted by Gasteiger charge is -2.33. The topological polar surface area (TPSA) is 66.3 Å². The summed E-state index contributed by atoms with van der Waals surface area (Å²) in [5.74, 6) is -0.778. The van der Waals surface area contributed by atoms with Crippen LogP contribution in [-0.2, 0) is 4.79 Å². The van der Waals surface area contributed by atoms with Crippen molar-refractivity contribution in [3.8, 4) is 0 Å². The molecule has 1 aliphatic rings. The van der Waals surface area contributed by atoms with Gasteiger partial charge in [0.2, 0.25) is 0 Å². The van der Waals surface area contributed by atoms with E-state index in [0.717, 1.165) is 24.2 Å². The van der Waals surface area contributed by atoms with Crippen LogP contribution in [0.2, 0.25) is 0 Å². The van der Waals surface area contributed by atoms with Gasteiger partial charge in [-0.2, -0.15) is 0 Å². The Kier molecular flexibility index (Phi) is 4.47. The molecular formula is C14H21N3O2. The Morgan fingerprint density at radius 1 is 1.42 bits per heavy atom. The SMILES string of the molecule is Cc1nccnc1C(C)N(CC(=O)O)C1CCCC1. The number of nitrogens with zero attached hydrogens (tertiary/aromatic N) is 3. The van der Waals surface area contributed by atoms with Gasteiger partial charge in [-0.15, -0.1) is 0 Å². The van der Waals surface area contributed by atoms with Gasteiger partial charge in [-0.25, -0.2) is 0 Å². The van der Waals surface area contributed by atoms with Gasteiger partial charge in [0.05, 0.1) is 24.0 Å². The summed E-state index contributed by atoms with van der Waals surface area (Å²) >= 11 is 0. The predicted molar refractivity (Wildman–Crippen MR) is 71.8 cm³/mol. The van der Waals surface area contributed by atoms with Crippen LogP contribution in [0.1, 0.15) is 50.0 Å². The maximum absolute atomic E-state index is 11.1. The molecule has 1 N–H and O–H groups in total. The van der Waals surface area contributed by atoms with E-state index in [1.165, 1.54) is 12.8 Å². The first-order valence-corrected chi connectivity index (χ1v) is 6.84. The minimum absolute atomic E-state index is 0.00657. The quantitative estimate of drug-likeness (QED) is 0.882. The number of hydrogen-bond acceptors (Lipinski definition) is 4. The van der Waals surface area contributed by atoms with Crippen molar-refractivity contribution in [1.82, 2.24) is 14.9 Å². The van der Waals surface area contributed by atoms with Gasteiger partial charge in [0.1, 0.15) is 0 Å². The molecule has 1 aliphatic carbocycles. The predicted octanol–water partition coefficient (Wildman–Crippen LogP) is 2.18. The first-order valence-electron chi connectivity index (χ1n) is 6.84. The van der Waals surface area contributed by atoms with Crippen LogP contribution >= 0.6 is 0 Å². The molecule has 5 heteroatoms. The molecule has 19 heavy (non-hydrogen) atoms. The van der Waals surface area contributed by atoms with Gasteiger partial charge in [-0.3, -0.25) is 19.7 Å². The summed E-state index contributed by atoms with van der Waals surface area (Å²) in [4.78, 5) is 21.8. The lowest BCUT2D eigenvalue weighted by Crippen LogP contribution is -2.40. The van der Waals surface area contributed by atoms with Crippen molar-refractivity contribution in [3.05, 3.63) is 23.8 Å². The highest BCUT2D eigenvalue weighted by Crippen LogP contribution is 2.30. The first-order chi connectivity index (χ1) is 9.09. The molecule has 0 amide bonds. The normalized spacial score (nSPS) is 17.8. The third-order valence-electron chi connectivity index (χ3n) is 3.92. The van der Waals surface area contributed by atoms with E-state index in [0.29, 0.717) is 6.04 Å². The molecule has 104 valence electrons. The minimum atomic E-state index is -0.778. The summed E-state index contributed by atoms with van der Waals surface area (Å²) in [7, 11) is 0. The summed E-state index contributed by atoms with van der Waals surface area (Å²) in [5.41, 5.74) is 1.76. The van der Waals surface area contributed by atoms with Gasteiger partial charge >= 0.3 is 5.97 Å². The number of hydrogen-bond donors (Lipinski definition) is 1. The van der Waals surface area contributed by atoms with Crippen LogP contribution in [0.15, 0.2) is 12.4 Å². The maximum Gasteiger partial charge on any atom is 0.317 e. The minimum Gasteiger partial charge on any atom is -0.480 e. The third kappa shape index (κ3) is 3.29. The fourth-order valence-corrected chi connectivity index (χ4v) is 2.96. The largest absolute Gasteiger partial charge is 0.480 e. The molecule has 1 saturated carbocycles. The number of rotatable bonds is 5. The zero-order chi connectivity index (χ0) is 13.8. The van der Waals surface area contributed by atoms with Crippen LogP contribution in [0, 0.1) is 6.92 Å². The monoisotopic (exact) mass is 263 g/mol. The van der Waals surface area contributed by atoms with E-state index in [-0.39, 0.29) is 12.6 Å². The fraction of sp³-hybridized carbons (Fsp3) is 0.643. The Bertz CT molecular complexity index is 444. The van der Waals surface area contributed by atoms with E-state index in [9.17, 15) is 4.79 Å². The van der Waals surface area contributed by atoms with Gasteiger partial charge in [0.25, 0.3) is 0 Å². The highest BCUT2D eigenvalue weighted by atomic mass is 16.4. The van der Waals surface area contributed by atoms with Crippen LogP contribution in [-0.4, -0.2) is 38.5 Å². The summed E-state index contributed by atoms with van der Waals surface area (Å²) < 4.78 is 0. The van der Waals surface area contributed by atoms with Crippen LogP contribution in [0.4, 0.5) is 0 Å². The molecule has 0 saturated heterocycles. The second kappa shape index (κ2) is 6.10. The van der Waals surface area contributed by atoms with Gasteiger partial charge in [0.15, 0.2) is 0 Å². The summed E-state index contributed by atoms with van der Waals surface area (Å²) in [6.45, 7) is 4.02. The first kappa shape index (κ1) is 13.9. The molecule has 5 nitrogen and oxygen atoms in total. The molecule has 0 aromatic carbocycles. The van der Waals surface area contributed by atoms with Crippen LogP contribution < -0.4 is 0 Å². The molecule has 1 aromatic rings. The van der Waals surface area contributed by atoms with E-state index >= 15 is 0 Å². The van der Waals surface area contributed by atoms with E-state index in [1.807, 2.05) is 13.8 Å². The second-order valence-corrected chi connectivity index (χ2v) is 5.21. The molecule has 0 bridgehead atoms. The summed E-state index contributed by atoms with van der Waals surface area (Å²) in [6, 6.07) is 0.348. The molecular weight excluding hydrogens is 242 g/mol. The number of carbonyl (C=O) groups is 1. The molecule has 2 rings (SSSR count). The average Bonchev–Trinajstić information content (AvgIpc) is 2.89. The molecule has 0 radical (unpaired) electrons. The third-order valence-corrected chi connectivity index (χ3v) is 3.92. The second-order valence-electron chi connectivity index (χ2n) is 5.21. The molecule has 0 spiro atoms. The Hall–Kier alpha value is -1.49. The van der Waals surface area contributed by atoms with Crippen LogP contribution in [0.3, 0.4) is 0 Å². The lowest BCUT2D eigenvalue weighted by atomic mass is 10.1. The molecule has 0 aliphatic heterocycles. The molecule has 1 fully saturated rings. The highest BCUT2D eigenvalue weighted by Gasteiger charge is 2.30. The maximum atomic E-state index is 11.1. The van der Waals surface area contributed by atoms with E-state index < -0.39 is 5.97 Å². The van der Waals surface area contributed by atoms with E-state index in [2.05, 4.69) is 14.9 Å². The zero-order valence-corrected chi connectivity index (χ0v) is 11.5. The smallest absolute Gasteiger partial charge is 0.317 e. The van der Waals surface area contributed by atoms with Crippen molar-refractivity contribution in [1.29, 1.82) is 0 Å². The molecule has 1 heterocycles. The Labute approximate surface area is 113 Å². The Balaban J connectivity index is 2.21. The number of aryl methyl sites for hydroxylation is 1. The molecule has 1 atom stereocenters. The number of carboxylic acid groups (broad SMARTS) is 1. The van der Waals surface area contributed by atoms with Crippen molar-refractivity contribution in [2.24, 2.45) is 0 Å². The van der Waals surface area contributed by atoms with Crippen molar-refractivity contribution >= 4 is 5.97 Å². The average molecular weight is 263 g/mol. The van der Waals surface area contributed by atoms with Crippen molar-refractivity contribution in [3.63, 3.8) is 0 Å². The Morgan fingerprint density at radius 3 is 2.63 bits per heavy atom. The van der Waals surface area contributed by atoms with Crippen molar-refractivity contribution in [2.45, 2.75) is 51.6 Å². The van der Waals surface area contributed by atoms with Crippen LogP contribution in [0.5, 0.6) is 0 Å². The molecule has 1 unspecified atom stereocenters. The standard InChI is InChI=1S/C14H21N3O2/c1-10-14(16-8-7-15-10)11(2)17(9-13(18)19)12-5-3-4-6-12/h7-8,11-12H,3-6,9H2,1-2H3,(H,18,19). The van der Waals surface area contributed by atoms with E-state index in [1.54, 1.807) is 12.4 Å². The summed E-state index contributed by atoms with van der Waals surface area (Å²) in [6.07, 6.45) is 7.88. The summed E-state index contributed by atoms with van der Waals surface area (Å²) in [5, 5.41) is 9.13. The van der Waals surface area contributed by atoms with Gasteiger partial charge in [-0.05, 0) is 26.7 Å². The van der Waals surface area contributed by atoms with Crippen molar-refractivity contribution < 1.29 is 9.90 Å². The number of aromatic nitrogens is 2. The van der Waals surface area contributed by atoms with E-state index in [4.69, 9.17) is 5.11 Å². The fourth-order valence-electron chi connectivity index (χ4n) is 2.96. The van der Waals surface area contributed by atoms with Gasteiger partial charge < -0.3 is 5.11 Å². The van der Waals surface area contributed by atoms with Crippen molar-refractivity contribution in [2.75, 3.05) is 6.54 Å². The number of aliphatic carboxylic acids is 1. The van der Waals surface area contributed by atoms with Gasteiger partial charge in [0, 0.05) is 18.4 Å². The Morgan fingerprint density at radius 2 is 2.05 bits per heavy atom. The number of carboxylic acids is 1. The van der Waals surface area contributed by atoms with Crippen LogP contribution in [0.25, 0.3) is 0 Å². The molecule has 1 aromatic heterocycles. The highest BCUT2D eigenvalue weighted by molar-refractivity contribution is 5.69. The van der Waals surface area contributed by atoms with Gasteiger partial charge in [-0.1, -0.05) is 12.8 Å².